The fourth-order valence-electron chi connectivity index (χ4n) is 3.00. The van der Waals surface area contributed by atoms with Crippen LogP contribution in [0.4, 0.5) is 5.69 Å². The molecule has 7 nitrogen and oxygen atoms in total. The Kier molecular flexibility index (Phi) is 6.06. The first kappa shape index (κ1) is 17.4. The zero-order valence-electron chi connectivity index (χ0n) is 13.3. The van der Waals surface area contributed by atoms with Gasteiger partial charge >= 0.3 is 0 Å². The molecule has 0 saturated carbocycles. The molecule has 1 heterocycles. The third-order valence-corrected chi connectivity index (χ3v) is 4.31. The highest BCUT2D eigenvalue weighted by Crippen LogP contribution is 2.28. The van der Waals surface area contributed by atoms with Gasteiger partial charge in [0.25, 0.3) is 5.69 Å². The summed E-state index contributed by atoms with van der Waals surface area (Å²) in [4.78, 5) is 22.7. The highest BCUT2D eigenvalue weighted by Gasteiger charge is 2.32. The second-order valence-corrected chi connectivity index (χ2v) is 6.02. The number of nitrogens with one attached hydrogen (secondary N) is 2. The van der Waals surface area contributed by atoms with Gasteiger partial charge in [-0.1, -0.05) is 18.2 Å². The van der Waals surface area contributed by atoms with Gasteiger partial charge in [-0.3, -0.25) is 14.9 Å². The van der Waals surface area contributed by atoms with Gasteiger partial charge < -0.3 is 15.4 Å². The summed E-state index contributed by atoms with van der Waals surface area (Å²) in [5.74, 6) is -0.201. The number of hydrogen-bond donors (Lipinski definition) is 2. The number of nitro groups is 1. The van der Waals surface area contributed by atoms with E-state index in [1.54, 1.807) is 25.3 Å². The predicted octanol–water partition coefficient (Wildman–Crippen LogP) is 1.27. The van der Waals surface area contributed by atoms with Crippen LogP contribution in [-0.2, 0) is 16.0 Å². The number of nitro benzene ring substituents is 1. The zero-order valence-corrected chi connectivity index (χ0v) is 13.3. The fraction of sp³-hybridized carbons (Fsp3) is 0.562. The van der Waals surface area contributed by atoms with Crippen LogP contribution in [0.2, 0.25) is 0 Å². The molecule has 1 amide bonds. The molecule has 23 heavy (non-hydrogen) atoms. The number of piperidine rings is 1. The van der Waals surface area contributed by atoms with Gasteiger partial charge in [0.2, 0.25) is 5.91 Å². The summed E-state index contributed by atoms with van der Waals surface area (Å²) in [5.41, 5.74) is 0.357. The van der Waals surface area contributed by atoms with E-state index in [1.165, 1.54) is 6.07 Å². The second-order valence-electron chi connectivity index (χ2n) is 6.02. The van der Waals surface area contributed by atoms with Crippen LogP contribution in [0.25, 0.3) is 0 Å². The summed E-state index contributed by atoms with van der Waals surface area (Å²) >= 11 is 0. The number of rotatable bonds is 7. The first-order chi connectivity index (χ1) is 11.1. The number of benzene rings is 1. The number of para-hydroxylation sites is 1. The molecule has 0 spiro atoms. The van der Waals surface area contributed by atoms with E-state index in [9.17, 15) is 14.9 Å². The molecule has 2 N–H and O–H groups in total. The summed E-state index contributed by atoms with van der Waals surface area (Å²) in [6.07, 6.45) is 1.89. The molecular weight excluding hydrogens is 298 g/mol. The Morgan fingerprint density at radius 2 is 2.09 bits per heavy atom. The SMILES string of the molecule is COCC1(CNC(=O)Cc2ccccc2[N+](=O)[O-])CCNCC1. The molecule has 1 aliphatic heterocycles. The van der Waals surface area contributed by atoms with E-state index in [4.69, 9.17) is 4.74 Å². The average Bonchev–Trinajstić information content (AvgIpc) is 2.55. The number of amides is 1. The Morgan fingerprint density at radius 1 is 1.39 bits per heavy atom. The Morgan fingerprint density at radius 3 is 2.74 bits per heavy atom. The third kappa shape index (κ3) is 4.74. The molecule has 1 aromatic rings. The lowest BCUT2D eigenvalue weighted by Gasteiger charge is -2.37. The van der Waals surface area contributed by atoms with Crippen molar-refractivity contribution in [3.05, 3.63) is 39.9 Å². The van der Waals surface area contributed by atoms with E-state index >= 15 is 0 Å². The third-order valence-electron chi connectivity index (χ3n) is 4.31. The van der Waals surface area contributed by atoms with E-state index in [0.29, 0.717) is 18.7 Å². The summed E-state index contributed by atoms with van der Waals surface area (Å²) < 4.78 is 5.32. The van der Waals surface area contributed by atoms with Crippen LogP contribution in [0.15, 0.2) is 24.3 Å². The maximum Gasteiger partial charge on any atom is 0.273 e. The molecule has 0 radical (unpaired) electrons. The average molecular weight is 321 g/mol. The van der Waals surface area contributed by atoms with Crippen molar-refractivity contribution < 1.29 is 14.5 Å². The number of hydrogen-bond acceptors (Lipinski definition) is 5. The van der Waals surface area contributed by atoms with Crippen molar-refractivity contribution in [3.8, 4) is 0 Å². The number of ether oxygens (including phenoxy) is 1. The van der Waals surface area contributed by atoms with Crippen molar-refractivity contribution >= 4 is 11.6 Å². The van der Waals surface area contributed by atoms with Crippen molar-refractivity contribution in [1.29, 1.82) is 0 Å². The van der Waals surface area contributed by atoms with Crippen LogP contribution < -0.4 is 10.6 Å². The maximum absolute atomic E-state index is 12.2. The molecule has 2 rings (SSSR count). The van der Waals surface area contributed by atoms with Gasteiger partial charge in [0, 0.05) is 30.7 Å². The van der Waals surface area contributed by atoms with E-state index in [0.717, 1.165) is 25.9 Å². The van der Waals surface area contributed by atoms with E-state index in [1.807, 2.05) is 0 Å². The van der Waals surface area contributed by atoms with Crippen molar-refractivity contribution in [2.75, 3.05) is 33.4 Å². The van der Waals surface area contributed by atoms with Crippen LogP contribution in [0.3, 0.4) is 0 Å². The molecule has 0 aromatic heterocycles. The quantitative estimate of drug-likeness (QED) is 0.583. The largest absolute Gasteiger partial charge is 0.384 e. The van der Waals surface area contributed by atoms with Crippen LogP contribution in [0.1, 0.15) is 18.4 Å². The van der Waals surface area contributed by atoms with Gasteiger partial charge in [0.05, 0.1) is 18.0 Å². The first-order valence-corrected chi connectivity index (χ1v) is 7.75. The smallest absolute Gasteiger partial charge is 0.273 e. The summed E-state index contributed by atoms with van der Waals surface area (Å²) in [5, 5.41) is 17.2. The molecule has 1 aromatic carbocycles. The second kappa shape index (κ2) is 8.03. The van der Waals surface area contributed by atoms with Crippen molar-refractivity contribution in [3.63, 3.8) is 0 Å². The van der Waals surface area contributed by atoms with Crippen LogP contribution >= 0.6 is 0 Å². The lowest BCUT2D eigenvalue weighted by Crippen LogP contribution is -2.47. The number of carbonyl (C=O) groups is 1. The minimum atomic E-state index is -0.457. The van der Waals surface area contributed by atoms with Gasteiger partial charge in [-0.15, -0.1) is 0 Å². The molecule has 0 aliphatic carbocycles. The van der Waals surface area contributed by atoms with Gasteiger partial charge in [0.15, 0.2) is 0 Å². The van der Waals surface area contributed by atoms with Gasteiger partial charge in [-0.2, -0.15) is 0 Å². The molecule has 0 bridgehead atoms. The van der Waals surface area contributed by atoms with Crippen LogP contribution in [0, 0.1) is 15.5 Å². The molecule has 1 aliphatic rings. The van der Waals surface area contributed by atoms with Gasteiger partial charge in [0.1, 0.15) is 0 Å². The van der Waals surface area contributed by atoms with E-state index in [-0.39, 0.29) is 23.4 Å². The minimum absolute atomic E-state index is 0.0124. The highest BCUT2D eigenvalue weighted by molar-refractivity contribution is 5.79. The van der Waals surface area contributed by atoms with Gasteiger partial charge in [-0.05, 0) is 25.9 Å². The molecule has 1 saturated heterocycles. The van der Waals surface area contributed by atoms with E-state index in [2.05, 4.69) is 10.6 Å². The highest BCUT2D eigenvalue weighted by atomic mass is 16.6. The monoisotopic (exact) mass is 321 g/mol. The molecule has 0 unspecified atom stereocenters. The summed E-state index contributed by atoms with van der Waals surface area (Å²) in [7, 11) is 1.67. The predicted molar refractivity (Wildman–Crippen MR) is 86.2 cm³/mol. The Balaban J connectivity index is 1.95. The minimum Gasteiger partial charge on any atom is -0.384 e. The number of carbonyl (C=O) groups excluding carboxylic acids is 1. The summed E-state index contributed by atoms with van der Waals surface area (Å²) in [6.45, 7) is 2.94. The Labute approximate surface area is 135 Å². The van der Waals surface area contributed by atoms with Crippen molar-refractivity contribution in [2.45, 2.75) is 19.3 Å². The standard InChI is InChI=1S/C16H23N3O4/c1-23-12-16(6-8-17-9-7-16)11-18-15(20)10-13-4-2-3-5-14(13)19(21)22/h2-5,17H,6-12H2,1H3,(H,18,20). The molecular formula is C16H23N3O4. The lowest BCUT2D eigenvalue weighted by atomic mass is 9.79. The maximum atomic E-state index is 12.2. The number of nitrogens with zero attached hydrogens (tertiary/aromatic N) is 1. The Hall–Kier alpha value is -1.99. The number of methoxy groups -OCH3 is 1. The first-order valence-electron chi connectivity index (χ1n) is 7.75. The Bertz CT molecular complexity index is 551. The fourth-order valence-corrected chi connectivity index (χ4v) is 3.00. The van der Waals surface area contributed by atoms with Crippen molar-refractivity contribution in [2.24, 2.45) is 5.41 Å². The zero-order chi connectivity index (χ0) is 16.7. The molecule has 0 atom stereocenters. The topological polar surface area (TPSA) is 93.5 Å². The van der Waals surface area contributed by atoms with Crippen LogP contribution in [0.5, 0.6) is 0 Å². The summed E-state index contributed by atoms with van der Waals surface area (Å²) in [6, 6.07) is 6.34. The molecule has 7 heteroatoms. The van der Waals surface area contributed by atoms with Crippen LogP contribution in [-0.4, -0.2) is 44.2 Å². The molecule has 126 valence electrons. The normalized spacial score (nSPS) is 16.7. The van der Waals surface area contributed by atoms with Gasteiger partial charge in [-0.25, -0.2) is 0 Å². The lowest BCUT2D eigenvalue weighted by molar-refractivity contribution is -0.385. The van der Waals surface area contributed by atoms with E-state index < -0.39 is 4.92 Å². The van der Waals surface area contributed by atoms with Crippen molar-refractivity contribution in [1.82, 2.24) is 10.6 Å². The molecule has 1 fully saturated rings.